The first-order valence-electron chi connectivity index (χ1n) is 6.91. The van der Waals surface area contributed by atoms with Gasteiger partial charge in [0, 0.05) is 26.2 Å². The Labute approximate surface area is 104 Å². The summed E-state index contributed by atoms with van der Waals surface area (Å²) in [6.45, 7) is 6.77. The van der Waals surface area contributed by atoms with Gasteiger partial charge in [0.2, 0.25) is 5.91 Å². The van der Waals surface area contributed by atoms with Crippen LogP contribution in [0.3, 0.4) is 0 Å². The van der Waals surface area contributed by atoms with E-state index in [1.54, 1.807) is 0 Å². The topological polar surface area (TPSA) is 58.4 Å². The van der Waals surface area contributed by atoms with E-state index >= 15 is 0 Å². The molecular formula is C13H25N3O. The highest BCUT2D eigenvalue weighted by molar-refractivity contribution is 5.78. The minimum Gasteiger partial charge on any atom is -0.355 e. The van der Waals surface area contributed by atoms with E-state index in [-0.39, 0.29) is 11.8 Å². The Morgan fingerprint density at radius 2 is 2.29 bits per heavy atom. The predicted molar refractivity (Wildman–Crippen MR) is 68.5 cm³/mol. The van der Waals surface area contributed by atoms with Crippen LogP contribution < -0.4 is 11.1 Å². The zero-order chi connectivity index (χ0) is 12.3. The Hall–Kier alpha value is -0.610. The Morgan fingerprint density at radius 3 is 2.94 bits per heavy atom. The second kappa shape index (κ2) is 5.83. The number of piperidine rings is 1. The van der Waals surface area contributed by atoms with Crippen molar-refractivity contribution in [3.8, 4) is 0 Å². The first-order valence-corrected chi connectivity index (χ1v) is 6.91. The van der Waals surface area contributed by atoms with Crippen molar-refractivity contribution >= 4 is 5.91 Å². The largest absolute Gasteiger partial charge is 0.355 e. The average Bonchev–Trinajstić information content (AvgIpc) is 3.02. The van der Waals surface area contributed by atoms with Crippen LogP contribution in [-0.4, -0.2) is 43.5 Å². The molecule has 3 unspecified atom stereocenters. The third-order valence-corrected chi connectivity index (χ3v) is 4.09. The summed E-state index contributed by atoms with van der Waals surface area (Å²) in [5.74, 6) is 2.18. The van der Waals surface area contributed by atoms with Gasteiger partial charge < -0.3 is 16.0 Å². The Bertz CT molecular complexity index is 269. The number of carbonyl (C=O) groups is 1. The lowest BCUT2D eigenvalue weighted by Gasteiger charge is -2.32. The van der Waals surface area contributed by atoms with Crippen molar-refractivity contribution in [2.24, 2.45) is 23.5 Å². The first kappa shape index (κ1) is 12.8. The molecule has 1 saturated carbocycles. The standard InChI is InChI=1S/C13H25N3O/c1-10-7-12(10)9-16-6-2-3-11(8-16)13(17)15-5-4-14/h10-12H,2-9,14H2,1H3,(H,15,17). The number of nitrogens with zero attached hydrogens (tertiary/aromatic N) is 1. The Balaban J connectivity index is 1.73. The van der Waals surface area contributed by atoms with Gasteiger partial charge in [0.25, 0.3) is 0 Å². The quantitative estimate of drug-likeness (QED) is 0.731. The lowest BCUT2D eigenvalue weighted by atomic mass is 9.97. The number of likely N-dealkylation sites (tertiary alicyclic amines) is 1. The highest BCUT2D eigenvalue weighted by Gasteiger charge is 2.35. The van der Waals surface area contributed by atoms with Crippen LogP contribution >= 0.6 is 0 Å². The van der Waals surface area contributed by atoms with Gasteiger partial charge in [0.05, 0.1) is 5.92 Å². The van der Waals surface area contributed by atoms with Gasteiger partial charge in [-0.25, -0.2) is 0 Å². The SMILES string of the molecule is CC1CC1CN1CCCC(C(=O)NCCN)C1. The number of nitrogens with one attached hydrogen (secondary N) is 1. The summed E-state index contributed by atoms with van der Waals surface area (Å²) in [4.78, 5) is 14.4. The van der Waals surface area contributed by atoms with E-state index in [1.165, 1.54) is 19.5 Å². The van der Waals surface area contributed by atoms with Crippen molar-refractivity contribution in [3.05, 3.63) is 0 Å². The lowest BCUT2D eigenvalue weighted by molar-refractivity contribution is -0.126. The molecule has 3 atom stereocenters. The van der Waals surface area contributed by atoms with Crippen molar-refractivity contribution in [3.63, 3.8) is 0 Å². The van der Waals surface area contributed by atoms with E-state index in [2.05, 4.69) is 17.1 Å². The molecule has 4 heteroatoms. The second-order valence-electron chi connectivity index (χ2n) is 5.65. The van der Waals surface area contributed by atoms with Crippen LogP contribution in [-0.2, 0) is 4.79 Å². The van der Waals surface area contributed by atoms with Gasteiger partial charge >= 0.3 is 0 Å². The van der Waals surface area contributed by atoms with E-state index in [4.69, 9.17) is 5.73 Å². The summed E-state index contributed by atoms with van der Waals surface area (Å²) < 4.78 is 0. The summed E-state index contributed by atoms with van der Waals surface area (Å²) >= 11 is 0. The molecule has 1 heterocycles. The third-order valence-electron chi connectivity index (χ3n) is 4.09. The molecule has 2 aliphatic rings. The molecule has 0 spiro atoms. The number of carbonyl (C=O) groups excluding carboxylic acids is 1. The fraction of sp³-hybridized carbons (Fsp3) is 0.923. The van der Waals surface area contributed by atoms with Crippen LogP contribution in [0.2, 0.25) is 0 Å². The molecule has 3 N–H and O–H groups in total. The molecular weight excluding hydrogens is 214 g/mol. The van der Waals surface area contributed by atoms with Crippen molar-refractivity contribution < 1.29 is 4.79 Å². The second-order valence-corrected chi connectivity index (χ2v) is 5.65. The molecule has 17 heavy (non-hydrogen) atoms. The maximum absolute atomic E-state index is 11.9. The number of rotatable bonds is 5. The number of hydrogen-bond acceptors (Lipinski definition) is 3. The molecule has 2 rings (SSSR count). The lowest BCUT2D eigenvalue weighted by Crippen LogP contribution is -2.44. The molecule has 1 aliphatic carbocycles. The van der Waals surface area contributed by atoms with Crippen LogP contribution in [0.15, 0.2) is 0 Å². The summed E-state index contributed by atoms with van der Waals surface area (Å²) in [5.41, 5.74) is 5.40. The fourth-order valence-electron chi connectivity index (χ4n) is 2.76. The minimum absolute atomic E-state index is 0.185. The van der Waals surface area contributed by atoms with Crippen molar-refractivity contribution in [2.45, 2.75) is 26.2 Å². The van der Waals surface area contributed by atoms with E-state index in [0.717, 1.165) is 31.2 Å². The van der Waals surface area contributed by atoms with E-state index in [9.17, 15) is 4.79 Å². The predicted octanol–water partition coefficient (Wildman–Crippen LogP) is 0.429. The van der Waals surface area contributed by atoms with E-state index < -0.39 is 0 Å². The van der Waals surface area contributed by atoms with Gasteiger partial charge in [-0.3, -0.25) is 4.79 Å². The Kier molecular flexibility index (Phi) is 4.40. The summed E-state index contributed by atoms with van der Waals surface area (Å²) in [6, 6.07) is 0. The first-order chi connectivity index (χ1) is 8.20. The zero-order valence-corrected chi connectivity index (χ0v) is 10.8. The van der Waals surface area contributed by atoms with Crippen LogP contribution in [0.4, 0.5) is 0 Å². The molecule has 1 amide bonds. The Morgan fingerprint density at radius 1 is 1.53 bits per heavy atom. The van der Waals surface area contributed by atoms with Crippen molar-refractivity contribution in [2.75, 3.05) is 32.7 Å². The maximum Gasteiger partial charge on any atom is 0.224 e. The van der Waals surface area contributed by atoms with Gasteiger partial charge in [-0.2, -0.15) is 0 Å². The number of amides is 1. The highest BCUT2D eigenvalue weighted by atomic mass is 16.1. The van der Waals surface area contributed by atoms with E-state index in [1.807, 2.05) is 0 Å². The normalized spacial score (nSPS) is 33.4. The average molecular weight is 239 g/mol. The molecule has 4 nitrogen and oxygen atoms in total. The van der Waals surface area contributed by atoms with Crippen molar-refractivity contribution in [1.82, 2.24) is 10.2 Å². The fourth-order valence-corrected chi connectivity index (χ4v) is 2.76. The van der Waals surface area contributed by atoms with Gasteiger partial charge in [-0.1, -0.05) is 6.92 Å². The molecule has 0 bridgehead atoms. The van der Waals surface area contributed by atoms with Crippen LogP contribution in [0.1, 0.15) is 26.2 Å². The highest BCUT2D eigenvalue weighted by Crippen LogP contribution is 2.38. The van der Waals surface area contributed by atoms with Gasteiger partial charge in [0.15, 0.2) is 0 Å². The molecule has 0 aromatic carbocycles. The minimum atomic E-state index is 0.185. The molecule has 1 saturated heterocycles. The maximum atomic E-state index is 11.9. The van der Waals surface area contributed by atoms with Crippen LogP contribution in [0.5, 0.6) is 0 Å². The molecule has 0 aromatic rings. The van der Waals surface area contributed by atoms with Gasteiger partial charge in [0.1, 0.15) is 0 Å². The summed E-state index contributed by atoms with van der Waals surface area (Å²) in [7, 11) is 0. The summed E-state index contributed by atoms with van der Waals surface area (Å²) in [5, 5.41) is 2.91. The smallest absolute Gasteiger partial charge is 0.224 e. The molecule has 98 valence electrons. The van der Waals surface area contributed by atoms with Crippen molar-refractivity contribution in [1.29, 1.82) is 0 Å². The van der Waals surface area contributed by atoms with Gasteiger partial charge in [-0.05, 0) is 37.6 Å². The molecule has 0 aromatic heterocycles. The van der Waals surface area contributed by atoms with Crippen LogP contribution in [0, 0.1) is 17.8 Å². The molecule has 0 radical (unpaired) electrons. The zero-order valence-electron chi connectivity index (χ0n) is 10.8. The van der Waals surface area contributed by atoms with E-state index in [0.29, 0.717) is 13.1 Å². The monoisotopic (exact) mass is 239 g/mol. The summed E-state index contributed by atoms with van der Waals surface area (Å²) in [6.07, 6.45) is 3.56. The van der Waals surface area contributed by atoms with Crippen LogP contribution in [0.25, 0.3) is 0 Å². The number of nitrogens with two attached hydrogens (primary N) is 1. The third kappa shape index (κ3) is 3.68. The van der Waals surface area contributed by atoms with Gasteiger partial charge in [-0.15, -0.1) is 0 Å². The molecule has 1 aliphatic heterocycles. The number of hydrogen-bond donors (Lipinski definition) is 2. The molecule has 2 fully saturated rings.